The molecule has 2 aromatic carbocycles. The first kappa shape index (κ1) is 19.5. The van der Waals surface area contributed by atoms with Gasteiger partial charge in [0.25, 0.3) is 0 Å². The lowest BCUT2D eigenvalue weighted by molar-refractivity contribution is -0.126. The first-order valence-electron chi connectivity index (χ1n) is 10.5. The van der Waals surface area contributed by atoms with Crippen molar-refractivity contribution in [2.75, 3.05) is 37.9 Å². The summed E-state index contributed by atoms with van der Waals surface area (Å²) in [5.41, 5.74) is 1.63. The van der Waals surface area contributed by atoms with Crippen molar-refractivity contribution in [3.05, 3.63) is 42.0 Å². The van der Waals surface area contributed by atoms with Crippen molar-refractivity contribution in [2.24, 2.45) is 5.92 Å². The zero-order valence-electron chi connectivity index (χ0n) is 17.3. The highest BCUT2D eigenvalue weighted by Crippen LogP contribution is 2.36. The van der Waals surface area contributed by atoms with Gasteiger partial charge in [-0.3, -0.25) is 9.59 Å². The van der Waals surface area contributed by atoms with Gasteiger partial charge in [0.05, 0.1) is 12.0 Å². The second-order valence-corrected chi connectivity index (χ2v) is 7.87. The summed E-state index contributed by atoms with van der Waals surface area (Å²) in [5, 5.41) is 3.03. The fourth-order valence-corrected chi connectivity index (χ4v) is 4.08. The van der Waals surface area contributed by atoms with Crippen molar-refractivity contribution in [1.29, 1.82) is 0 Å². The molecule has 5 rings (SSSR count). The summed E-state index contributed by atoms with van der Waals surface area (Å²) < 4.78 is 22.3. The van der Waals surface area contributed by atoms with Gasteiger partial charge in [-0.1, -0.05) is 6.07 Å². The number of carbonyl (C=O) groups excluding carboxylic acids is 2. The van der Waals surface area contributed by atoms with Crippen LogP contribution in [0.3, 0.4) is 0 Å². The van der Waals surface area contributed by atoms with Gasteiger partial charge in [0.2, 0.25) is 11.8 Å². The molecule has 8 nitrogen and oxygen atoms in total. The predicted molar refractivity (Wildman–Crippen MR) is 112 cm³/mol. The molecule has 1 N–H and O–H groups in total. The summed E-state index contributed by atoms with van der Waals surface area (Å²) >= 11 is 0. The third-order valence-electron chi connectivity index (χ3n) is 5.76. The average Bonchev–Trinajstić information content (AvgIpc) is 3.20. The fourth-order valence-electron chi connectivity index (χ4n) is 4.08. The molecule has 2 aromatic rings. The van der Waals surface area contributed by atoms with Crippen molar-refractivity contribution in [2.45, 2.75) is 19.4 Å². The topological polar surface area (TPSA) is 86.3 Å². The van der Waals surface area contributed by atoms with Crippen LogP contribution < -0.4 is 29.2 Å². The molecule has 2 unspecified atom stereocenters. The van der Waals surface area contributed by atoms with E-state index in [1.165, 1.54) is 0 Å². The number of rotatable bonds is 4. The Morgan fingerprint density at radius 3 is 2.26 bits per heavy atom. The molecule has 0 spiro atoms. The lowest BCUT2D eigenvalue weighted by Crippen LogP contribution is -2.34. The Kier molecular flexibility index (Phi) is 5.05. The van der Waals surface area contributed by atoms with E-state index in [1.807, 2.05) is 31.2 Å². The van der Waals surface area contributed by atoms with Crippen molar-refractivity contribution >= 4 is 17.5 Å². The highest BCUT2D eigenvalue weighted by Gasteiger charge is 2.36. The van der Waals surface area contributed by atoms with Crippen LogP contribution >= 0.6 is 0 Å². The zero-order chi connectivity index (χ0) is 21.4. The monoisotopic (exact) mass is 424 g/mol. The number of amides is 2. The molecule has 0 aromatic heterocycles. The van der Waals surface area contributed by atoms with Crippen LogP contribution in [0.4, 0.5) is 5.69 Å². The Bertz CT molecular complexity index is 1020. The number of benzene rings is 2. The lowest BCUT2D eigenvalue weighted by Gasteiger charge is -2.23. The molecule has 162 valence electrons. The molecule has 2 atom stereocenters. The van der Waals surface area contributed by atoms with Gasteiger partial charge in [-0.05, 0) is 36.8 Å². The Hall–Kier alpha value is -3.42. The quantitative estimate of drug-likeness (QED) is 0.812. The van der Waals surface area contributed by atoms with Crippen LogP contribution in [0.1, 0.15) is 24.9 Å². The molecule has 2 amide bonds. The Morgan fingerprint density at radius 2 is 1.55 bits per heavy atom. The highest BCUT2D eigenvalue weighted by molar-refractivity contribution is 6.00. The van der Waals surface area contributed by atoms with Crippen LogP contribution in [0.5, 0.6) is 23.0 Å². The Morgan fingerprint density at radius 1 is 0.935 bits per heavy atom. The summed E-state index contributed by atoms with van der Waals surface area (Å²) in [6, 6.07) is 10.9. The maximum atomic E-state index is 12.9. The second kappa shape index (κ2) is 8.02. The molecule has 0 saturated carbocycles. The van der Waals surface area contributed by atoms with E-state index < -0.39 is 5.92 Å². The number of nitrogens with zero attached hydrogens (tertiary/aromatic N) is 1. The number of carbonyl (C=O) groups is 2. The summed E-state index contributed by atoms with van der Waals surface area (Å²) in [6.45, 7) is 4.29. The van der Waals surface area contributed by atoms with Crippen LogP contribution in [0, 0.1) is 5.92 Å². The number of fused-ring (bicyclic) bond motifs is 2. The van der Waals surface area contributed by atoms with E-state index in [1.54, 1.807) is 17.0 Å². The average molecular weight is 424 g/mol. The van der Waals surface area contributed by atoms with Crippen molar-refractivity contribution in [3.63, 3.8) is 0 Å². The molecule has 0 aliphatic carbocycles. The number of hydrogen-bond acceptors (Lipinski definition) is 6. The Labute approximate surface area is 180 Å². The van der Waals surface area contributed by atoms with E-state index >= 15 is 0 Å². The first-order chi connectivity index (χ1) is 15.1. The van der Waals surface area contributed by atoms with E-state index in [4.69, 9.17) is 18.9 Å². The van der Waals surface area contributed by atoms with Crippen LogP contribution in [0.15, 0.2) is 36.4 Å². The highest BCUT2D eigenvalue weighted by atomic mass is 16.6. The van der Waals surface area contributed by atoms with E-state index in [0.29, 0.717) is 61.7 Å². The molecule has 3 aliphatic rings. The van der Waals surface area contributed by atoms with E-state index in [2.05, 4.69) is 5.32 Å². The third-order valence-corrected chi connectivity index (χ3v) is 5.76. The van der Waals surface area contributed by atoms with Gasteiger partial charge in [-0.25, -0.2) is 0 Å². The molecular formula is C23H24N2O6. The smallest absolute Gasteiger partial charge is 0.227 e. The van der Waals surface area contributed by atoms with Gasteiger partial charge < -0.3 is 29.2 Å². The molecule has 31 heavy (non-hydrogen) atoms. The minimum absolute atomic E-state index is 0.0798. The van der Waals surface area contributed by atoms with Crippen molar-refractivity contribution in [1.82, 2.24) is 5.32 Å². The van der Waals surface area contributed by atoms with Crippen molar-refractivity contribution < 1.29 is 28.5 Å². The maximum absolute atomic E-state index is 12.9. The fraction of sp³-hybridized carbons (Fsp3) is 0.391. The van der Waals surface area contributed by atoms with Gasteiger partial charge in [0.1, 0.15) is 26.4 Å². The number of ether oxygens (including phenoxy) is 4. The van der Waals surface area contributed by atoms with E-state index in [-0.39, 0.29) is 24.3 Å². The minimum Gasteiger partial charge on any atom is -0.486 e. The summed E-state index contributed by atoms with van der Waals surface area (Å²) in [7, 11) is 0. The van der Waals surface area contributed by atoms with Crippen molar-refractivity contribution in [3.8, 4) is 23.0 Å². The molecular weight excluding hydrogens is 400 g/mol. The third kappa shape index (κ3) is 3.85. The van der Waals surface area contributed by atoms with Crippen LogP contribution in [0.2, 0.25) is 0 Å². The molecule has 8 heteroatoms. The van der Waals surface area contributed by atoms with Gasteiger partial charge in [0, 0.05) is 24.7 Å². The van der Waals surface area contributed by atoms with Gasteiger partial charge in [0.15, 0.2) is 23.0 Å². The summed E-state index contributed by atoms with van der Waals surface area (Å²) in [6.07, 6.45) is 0.175. The number of nitrogens with one attached hydrogen (secondary N) is 1. The van der Waals surface area contributed by atoms with Gasteiger partial charge in [-0.2, -0.15) is 0 Å². The second-order valence-electron chi connectivity index (χ2n) is 7.87. The van der Waals surface area contributed by atoms with Crippen LogP contribution in [-0.4, -0.2) is 44.8 Å². The van der Waals surface area contributed by atoms with Crippen LogP contribution in [-0.2, 0) is 9.59 Å². The van der Waals surface area contributed by atoms with Crippen LogP contribution in [0.25, 0.3) is 0 Å². The summed E-state index contributed by atoms with van der Waals surface area (Å²) in [4.78, 5) is 27.1. The molecule has 3 heterocycles. The molecule has 1 fully saturated rings. The van der Waals surface area contributed by atoms with E-state index in [0.717, 1.165) is 5.56 Å². The summed E-state index contributed by atoms with van der Waals surface area (Å²) in [5.74, 6) is 2.05. The largest absolute Gasteiger partial charge is 0.486 e. The molecule has 1 saturated heterocycles. The zero-order valence-corrected chi connectivity index (χ0v) is 17.3. The molecule has 0 bridgehead atoms. The lowest BCUT2D eigenvalue weighted by atomic mass is 10.0. The SMILES string of the molecule is CC(NC(=O)C1CC(=O)N(c2ccc3c(c2)OCCO3)C1)c1ccc2c(c1)OCCO2. The normalized spacial score (nSPS) is 20.4. The van der Waals surface area contributed by atoms with E-state index in [9.17, 15) is 9.59 Å². The van der Waals surface area contributed by atoms with Gasteiger partial charge >= 0.3 is 0 Å². The molecule has 0 radical (unpaired) electrons. The Balaban J connectivity index is 1.25. The molecule has 3 aliphatic heterocycles. The number of hydrogen-bond donors (Lipinski definition) is 1. The van der Waals surface area contributed by atoms with Gasteiger partial charge in [-0.15, -0.1) is 0 Å². The standard InChI is InChI=1S/C23H24N2O6/c1-14(15-2-4-18-20(10-15)30-8-6-28-18)24-23(27)16-11-22(26)25(13-16)17-3-5-19-21(12-17)31-9-7-29-19/h2-5,10,12,14,16H,6-9,11,13H2,1H3,(H,24,27). The minimum atomic E-state index is -0.416. The maximum Gasteiger partial charge on any atom is 0.227 e. The first-order valence-corrected chi connectivity index (χ1v) is 10.5. The number of anilines is 1. The predicted octanol–water partition coefficient (Wildman–Crippen LogP) is 2.46.